The molecule has 5 nitrogen and oxygen atoms in total. The van der Waals surface area contributed by atoms with Crippen LogP contribution >= 0.6 is 0 Å². The summed E-state index contributed by atoms with van der Waals surface area (Å²) >= 11 is 0. The third kappa shape index (κ3) is 10.0. The van der Waals surface area contributed by atoms with Gasteiger partial charge >= 0.3 is 16.3 Å². The number of halogens is 1. The maximum absolute atomic E-state index is 12.4. The Balaban J connectivity index is 4.31. The van der Waals surface area contributed by atoms with Crippen LogP contribution in [0.2, 0.25) is 0 Å². The highest BCUT2D eigenvalue weighted by atomic mass is 32.3. The number of ether oxygens (including phenoxy) is 1. The first-order chi connectivity index (χ1) is 7.31. The lowest BCUT2D eigenvalue weighted by molar-refractivity contribution is 0.0470. The highest BCUT2D eigenvalue weighted by molar-refractivity contribution is 7.86. The second-order valence-corrected chi connectivity index (χ2v) is 6.99. The Labute approximate surface area is 102 Å². The Morgan fingerprint density at radius 2 is 1.71 bits per heavy atom. The van der Waals surface area contributed by atoms with Crippen molar-refractivity contribution < 1.29 is 21.8 Å². The molecule has 0 heterocycles. The zero-order valence-corrected chi connectivity index (χ0v) is 11.6. The quantitative estimate of drug-likeness (QED) is 0.792. The Hall–Kier alpha value is -0.850. The van der Waals surface area contributed by atoms with Crippen molar-refractivity contribution in [2.75, 3.05) is 5.75 Å². The third-order valence-electron chi connectivity index (χ3n) is 1.81. The third-order valence-corrected chi connectivity index (χ3v) is 2.50. The molecule has 0 aromatic heterocycles. The van der Waals surface area contributed by atoms with E-state index in [-0.39, 0.29) is 6.42 Å². The van der Waals surface area contributed by atoms with Crippen LogP contribution in [0.3, 0.4) is 0 Å². The van der Waals surface area contributed by atoms with E-state index in [1.807, 2.05) is 0 Å². The van der Waals surface area contributed by atoms with Gasteiger partial charge in [-0.1, -0.05) is 0 Å². The van der Waals surface area contributed by atoms with Crippen molar-refractivity contribution in [3.05, 3.63) is 0 Å². The molecule has 1 amide bonds. The SMILES string of the molecule is CC(C)(CCS(=O)(=O)F)NC(=O)OC(C)(C)C. The number of hydrogen-bond donors (Lipinski definition) is 1. The van der Waals surface area contributed by atoms with Gasteiger partial charge in [-0.15, -0.1) is 3.89 Å². The van der Waals surface area contributed by atoms with Gasteiger partial charge in [-0.3, -0.25) is 0 Å². The van der Waals surface area contributed by atoms with Gasteiger partial charge in [0.25, 0.3) is 0 Å². The van der Waals surface area contributed by atoms with Crippen LogP contribution in [-0.4, -0.2) is 31.4 Å². The van der Waals surface area contributed by atoms with Gasteiger partial charge in [0.05, 0.1) is 5.75 Å². The summed E-state index contributed by atoms with van der Waals surface area (Å²) in [6.07, 6.45) is -0.677. The second kappa shape index (κ2) is 5.20. The van der Waals surface area contributed by atoms with Crippen LogP contribution in [0.15, 0.2) is 0 Å². The lowest BCUT2D eigenvalue weighted by Crippen LogP contribution is -2.46. The number of carbonyl (C=O) groups is 1. The van der Waals surface area contributed by atoms with E-state index in [1.165, 1.54) is 0 Å². The molecule has 17 heavy (non-hydrogen) atoms. The summed E-state index contributed by atoms with van der Waals surface area (Å²) in [5, 5.41) is 2.49. The molecule has 0 rings (SSSR count). The summed E-state index contributed by atoms with van der Waals surface area (Å²) < 4.78 is 38.1. The standard InChI is InChI=1S/C10H20FNO4S/c1-9(2,3)16-8(13)12-10(4,5)6-7-17(11,14)15/h6-7H2,1-5H3,(H,12,13). The highest BCUT2D eigenvalue weighted by Crippen LogP contribution is 2.13. The van der Waals surface area contributed by atoms with E-state index in [0.29, 0.717) is 0 Å². The van der Waals surface area contributed by atoms with Gasteiger partial charge in [0, 0.05) is 5.54 Å². The fourth-order valence-electron chi connectivity index (χ4n) is 1.02. The second-order valence-electron chi connectivity index (χ2n) is 5.50. The summed E-state index contributed by atoms with van der Waals surface area (Å²) in [7, 11) is -4.52. The van der Waals surface area contributed by atoms with E-state index in [9.17, 15) is 17.1 Å². The topological polar surface area (TPSA) is 72.5 Å². The van der Waals surface area contributed by atoms with E-state index in [0.717, 1.165) is 0 Å². The van der Waals surface area contributed by atoms with Gasteiger partial charge in [0.15, 0.2) is 0 Å². The van der Waals surface area contributed by atoms with Gasteiger partial charge in [0.2, 0.25) is 0 Å². The van der Waals surface area contributed by atoms with Gasteiger partial charge in [0.1, 0.15) is 5.60 Å². The number of rotatable bonds is 4. The molecule has 0 bridgehead atoms. The molecule has 102 valence electrons. The molecule has 0 unspecified atom stereocenters. The first-order valence-corrected chi connectivity index (χ1v) is 6.79. The van der Waals surface area contributed by atoms with Crippen LogP contribution in [0.5, 0.6) is 0 Å². The number of carbonyl (C=O) groups excluding carboxylic acids is 1. The summed E-state index contributed by atoms with van der Waals surface area (Å²) in [6.45, 7) is 8.34. The normalized spacial score (nSPS) is 13.3. The van der Waals surface area contributed by atoms with Crippen molar-refractivity contribution in [2.24, 2.45) is 0 Å². The zero-order chi connectivity index (χ0) is 13.9. The van der Waals surface area contributed by atoms with Crippen molar-refractivity contribution in [3.63, 3.8) is 0 Å². The molecule has 0 radical (unpaired) electrons. The average molecular weight is 269 g/mol. The maximum atomic E-state index is 12.4. The van der Waals surface area contributed by atoms with Crippen molar-refractivity contribution in [1.29, 1.82) is 0 Å². The van der Waals surface area contributed by atoms with E-state index < -0.39 is 33.2 Å². The van der Waals surface area contributed by atoms with Crippen molar-refractivity contribution in [2.45, 2.75) is 52.2 Å². The molecule has 0 saturated heterocycles. The largest absolute Gasteiger partial charge is 0.444 e. The molecule has 0 atom stereocenters. The summed E-state index contributed by atoms with van der Waals surface area (Å²) in [5.41, 5.74) is -1.48. The molecule has 1 N–H and O–H groups in total. The van der Waals surface area contributed by atoms with Crippen molar-refractivity contribution in [3.8, 4) is 0 Å². The van der Waals surface area contributed by atoms with E-state index in [4.69, 9.17) is 4.74 Å². The van der Waals surface area contributed by atoms with Gasteiger partial charge in [-0.2, -0.15) is 8.42 Å². The van der Waals surface area contributed by atoms with E-state index in [1.54, 1.807) is 34.6 Å². The van der Waals surface area contributed by atoms with E-state index in [2.05, 4.69) is 5.32 Å². The average Bonchev–Trinajstić information content (AvgIpc) is 1.94. The first-order valence-electron chi connectivity index (χ1n) is 5.24. The highest BCUT2D eigenvalue weighted by Gasteiger charge is 2.26. The lowest BCUT2D eigenvalue weighted by Gasteiger charge is -2.28. The van der Waals surface area contributed by atoms with Gasteiger partial charge in [-0.05, 0) is 41.0 Å². The van der Waals surface area contributed by atoms with Crippen LogP contribution in [0.25, 0.3) is 0 Å². The number of amides is 1. The molecule has 0 aliphatic heterocycles. The number of nitrogens with one attached hydrogen (secondary N) is 1. The predicted molar refractivity (Wildman–Crippen MR) is 63.0 cm³/mol. The molecule has 0 aromatic rings. The summed E-state index contributed by atoms with van der Waals surface area (Å²) in [4.78, 5) is 11.4. The Morgan fingerprint density at radius 1 is 1.24 bits per heavy atom. The van der Waals surface area contributed by atoms with Gasteiger partial charge in [-0.25, -0.2) is 4.79 Å². The minimum absolute atomic E-state index is 0.0227. The van der Waals surface area contributed by atoms with Crippen molar-refractivity contribution >= 4 is 16.3 Å². The molecular formula is C10H20FNO4S. The molecule has 0 saturated carbocycles. The molecule has 0 aromatic carbocycles. The Kier molecular flexibility index (Phi) is 4.94. The molecule has 0 spiro atoms. The minimum atomic E-state index is -4.52. The number of alkyl carbamates (subject to hydrolysis) is 1. The molecule has 0 fully saturated rings. The minimum Gasteiger partial charge on any atom is -0.444 e. The predicted octanol–water partition coefficient (Wildman–Crippen LogP) is 1.98. The van der Waals surface area contributed by atoms with Crippen molar-refractivity contribution in [1.82, 2.24) is 5.32 Å². The lowest BCUT2D eigenvalue weighted by atomic mass is 10.0. The smallest absolute Gasteiger partial charge is 0.408 e. The van der Waals surface area contributed by atoms with Crippen LogP contribution in [0.4, 0.5) is 8.68 Å². The zero-order valence-electron chi connectivity index (χ0n) is 10.8. The Morgan fingerprint density at radius 3 is 2.06 bits per heavy atom. The number of hydrogen-bond acceptors (Lipinski definition) is 4. The Bertz CT molecular complexity index is 370. The molecular weight excluding hydrogens is 249 g/mol. The van der Waals surface area contributed by atoms with Crippen LogP contribution in [0.1, 0.15) is 41.0 Å². The van der Waals surface area contributed by atoms with Crippen LogP contribution in [-0.2, 0) is 15.0 Å². The molecule has 7 heteroatoms. The fourth-order valence-corrected chi connectivity index (χ4v) is 1.77. The summed E-state index contributed by atoms with van der Waals surface area (Å²) in [6, 6.07) is 0. The fraction of sp³-hybridized carbons (Fsp3) is 0.900. The molecule has 0 aliphatic carbocycles. The van der Waals surface area contributed by atoms with Gasteiger partial charge < -0.3 is 10.1 Å². The van der Waals surface area contributed by atoms with Crippen LogP contribution < -0.4 is 5.32 Å². The van der Waals surface area contributed by atoms with E-state index >= 15 is 0 Å². The summed E-state index contributed by atoms with van der Waals surface area (Å²) in [5.74, 6) is -0.629. The van der Waals surface area contributed by atoms with Crippen LogP contribution in [0, 0.1) is 0 Å². The maximum Gasteiger partial charge on any atom is 0.408 e. The first kappa shape index (κ1) is 16.1. The monoisotopic (exact) mass is 269 g/mol. The molecule has 0 aliphatic rings.